The highest BCUT2D eigenvalue weighted by Gasteiger charge is 1.96. The van der Waals surface area contributed by atoms with Crippen molar-refractivity contribution in [3.63, 3.8) is 0 Å². The molecule has 2 rings (SSSR count). The van der Waals surface area contributed by atoms with Crippen LogP contribution in [0.15, 0.2) is 22.8 Å². The lowest BCUT2D eigenvalue weighted by atomic mass is 10.3. The highest BCUT2D eigenvalue weighted by atomic mass is 79.9. The summed E-state index contributed by atoms with van der Waals surface area (Å²) in [5.41, 5.74) is 0.929. The summed E-state index contributed by atoms with van der Waals surface area (Å²) in [6, 6.07) is 4.07. The van der Waals surface area contributed by atoms with Crippen molar-refractivity contribution in [1.82, 2.24) is 9.97 Å². The van der Waals surface area contributed by atoms with Crippen LogP contribution in [0.2, 0.25) is 0 Å². The van der Waals surface area contributed by atoms with Gasteiger partial charge in [0.15, 0.2) is 0 Å². The number of nitrogens with one attached hydrogen (secondary N) is 1. The molecular weight excluding hydrogens is 219 g/mol. The average molecular weight is 223 g/mol. The molecule has 0 aliphatic carbocycles. The van der Waals surface area contributed by atoms with E-state index in [0.717, 1.165) is 20.1 Å². The van der Waals surface area contributed by atoms with Gasteiger partial charge in [-0.3, -0.25) is 0 Å². The second kappa shape index (κ2) is 2.63. The molecule has 0 aliphatic rings. The van der Waals surface area contributed by atoms with Crippen LogP contribution in [0.3, 0.4) is 0 Å². The minimum absolute atomic E-state index is 0.929. The number of aromatic nitrogens is 2. The molecule has 1 N–H and O–H groups in total. The Labute approximate surface area is 80.6 Å². The number of rotatable bonds is 0. The van der Waals surface area contributed by atoms with Crippen molar-refractivity contribution in [3.8, 4) is 0 Å². The zero-order valence-electron chi connectivity index (χ0n) is 5.63. The fourth-order valence-corrected chi connectivity index (χ4v) is 1.68. The maximum atomic E-state index is 4.19. The van der Waals surface area contributed by atoms with E-state index in [4.69, 9.17) is 0 Å². The molecular formula is C7H4AlBrN2. The second-order valence-electron chi connectivity index (χ2n) is 2.32. The third-order valence-corrected chi connectivity index (χ3v) is 2.20. The lowest BCUT2D eigenvalue weighted by molar-refractivity contribution is 1.33. The summed E-state index contributed by atoms with van der Waals surface area (Å²) in [5, 5.41) is 1.13. The Bertz CT molecular complexity index is 396. The van der Waals surface area contributed by atoms with E-state index in [1.807, 2.05) is 12.1 Å². The first-order valence-electron chi connectivity index (χ1n) is 3.15. The maximum absolute atomic E-state index is 4.19. The molecule has 0 saturated heterocycles. The van der Waals surface area contributed by atoms with Gasteiger partial charge in [-0.15, -0.1) is 0 Å². The topological polar surface area (TPSA) is 28.7 Å². The van der Waals surface area contributed by atoms with Crippen LogP contribution in [0.5, 0.6) is 0 Å². The van der Waals surface area contributed by atoms with Crippen LogP contribution >= 0.6 is 15.9 Å². The van der Waals surface area contributed by atoms with Gasteiger partial charge in [0.25, 0.3) is 0 Å². The molecule has 0 saturated carbocycles. The van der Waals surface area contributed by atoms with E-state index in [2.05, 4.69) is 42.2 Å². The zero-order valence-corrected chi connectivity index (χ0v) is 8.38. The normalized spacial score (nSPS) is 10.6. The SMILES string of the molecule is [Al][c]1cc2cc(Br)cnc2[nH]1. The number of pyridine rings is 1. The molecule has 4 heteroatoms. The minimum atomic E-state index is 0.929. The van der Waals surface area contributed by atoms with Crippen LogP contribution in [0.25, 0.3) is 11.0 Å². The lowest BCUT2D eigenvalue weighted by Crippen LogP contribution is -1.99. The van der Waals surface area contributed by atoms with Crippen molar-refractivity contribution < 1.29 is 0 Å². The van der Waals surface area contributed by atoms with Crippen molar-refractivity contribution in [1.29, 1.82) is 0 Å². The van der Waals surface area contributed by atoms with Gasteiger partial charge in [-0.1, -0.05) is 10.6 Å². The average Bonchev–Trinajstić information content (AvgIpc) is 2.27. The predicted molar refractivity (Wildman–Crippen MR) is 49.2 cm³/mol. The highest BCUT2D eigenvalue weighted by Crippen LogP contribution is 2.14. The highest BCUT2D eigenvalue weighted by molar-refractivity contribution is 9.10. The van der Waals surface area contributed by atoms with Crippen molar-refractivity contribution in [3.05, 3.63) is 22.8 Å². The third-order valence-electron chi connectivity index (χ3n) is 1.46. The van der Waals surface area contributed by atoms with E-state index in [-0.39, 0.29) is 0 Å². The summed E-state index contributed by atoms with van der Waals surface area (Å²) < 4.78 is 2.07. The zero-order chi connectivity index (χ0) is 7.84. The number of fused-ring (bicyclic) bond motifs is 1. The van der Waals surface area contributed by atoms with E-state index in [1.165, 1.54) is 0 Å². The largest absolute Gasteiger partial charge is 0.362 e. The summed E-state index contributed by atoms with van der Waals surface area (Å²) in [6.45, 7) is 0. The minimum Gasteiger partial charge on any atom is -0.362 e. The molecule has 2 nitrogen and oxygen atoms in total. The second-order valence-corrected chi connectivity index (χ2v) is 3.85. The molecule has 2 heterocycles. The van der Waals surface area contributed by atoms with Crippen molar-refractivity contribution >= 4 is 47.8 Å². The Hall–Kier alpha value is -0.298. The van der Waals surface area contributed by atoms with E-state index < -0.39 is 0 Å². The number of halogens is 1. The van der Waals surface area contributed by atoms with Crippen molar-refractivity contribution in [2.24, 2.45) is 0 Å². The monoisotopic (exact) mass is 222 g/mol. The Morgan fingerprint density at radius 2 is 2.27 bits per heavy atom. The van der Waals surface area contributed by atoms with Gasteiger partial charge in [-0.2, -0.15) is 0 Å². The van der Waals surface area contributed by atoms with Crippen LogP contribution in [0.4, 0.5) is 0 Å². The van der Waals surface area contributed by atoms with Gasteiger partial charge in [0.05, 0.1) is 0 Å². The number of hydrogen-bond donors (Lipinski definition) is 1. The standard InChI is InChI=1S/C7H4BrN2.Al/c8-6-3-5-1-2-9-7(5)10-4-6;/h1,3-4H,(H,9,10);. The molecule has 2 aromatic heterocycles. The summed E-state index contributed by atoms with van der Waals surface area (Å²) in [6.07, 6.45) is 1.78. The smallest absolute Gasteiger partial charge is 0.205 e. The predicted octanol–water partition coefficient (Wildman–Crippen LogP) is 1.12. The third kappa shape index (κ3) is 1.34. The van der Waals surface area contributed by atoms with E-state index in [1.54, 1.807) is 6.20 Å². The van der Waals surface area contributed by atoms with Crippen LogP contribution in [0, 0.1) is 0 Å². The van der Waals surface area contributed by atoms with Gasteiger partial charge in [0.2, 0.25) is 16.3 Å². The van der Waals surface area contributed by atoms with E-state index in [0.29, 0.717) is 0 Å². The lowest BCUT2D eigenvalue weighted by Gasteiger charge is -1.88. The summed E-state index contributed by atoms with van der Waals surface area (Å²) in [5.74, 6) is 0. The molecule has 0 bridgehead atoms. The van der Waals surface area contributed by atoms with E-state index >= 15 is 0 Å². The van der Waals surface area contributed by atoms with Crippen molar-refractivity contribution in [2.45, 2.75) is 0 Å². The van der Waals surface area contributed by atoms with Crippen LogP contribution in [-0.2, 0) is 0 Å². The van der Waals surface area contributed by atoms with Gasteiger partial charge < -0.3 is 4.98 Å². The van der Waals surface area contributed by atoms with Gasteiger partial charge in [-0.25, -0.2) is 4.98 Å². The number of hydrogen-bond acceptors (Lipinski definition) is 1. The first kappa shape index (κ1) is 7.36. The van der Waals surface area contributed by atoms with E-state index in [9.17, 15) is 0 Å². The first-order valence-corrected chi connectivity index (χ1v) is 4.52. The molecule has 0 aromatic carbocycles. The molecule has 0 unspecified atom stereocenters. The summed E-state index contributed by atoms with van der Waals surface area (Å²) >= 11 is 5.97. The molecule has 0 spiro atoms. The summed E-state index contributed by atoms with van der Waals surface area (Å²) in [7, 11) is 0. The van der Waals surface area contributed by atoms with Gasteiger partial charge in [0, 0.05) is 16.1 Å². The van der Waals surface area contributed by atoms with Crippen LogP contribution in [0.1, 0.15) is 0 Å². The molecule has 2 aromatic rings. The molecule has 0 amide bonds. The molecule has 0 fully saturated rings. The summed E-state index contributed by atoms with van der Waals surface area (Å²) in [4.78, 5) is 7.30. The molecule has 2 radical (unpaired) electrons. The van der Waals surface area contributed by atoms with Gasteiger partial charge >= 0.3 is 0 Å². The molecule has 11 heavy (non-hydrogen) atoms. The fourth-order valence-electron chi connectivity index (χ4n) is 1.01. The van der Waals surface area contributed by atoms with Gasteiger partial charge in [-0.05, 0) is 22.0 Å². The van der Waals surface area contributed by atoms with Crippen molar-refractivity contribution in [2.75, 3.05) is 0 Å². The Kier molecular flexibility index (Phi) is 1.76. The Balaban J connectivity index is 2.82. The first-order chi connectivity index (χ1) is 5.25. The fraction of sp³-hybridized carbons (Fsp3) is 0. The quantitative estimate of drug-likeness (QED) is 0.666. The van der Waals surface area contributed by atoms with Crippen LogP contribution in [-0.4, -0.2) is 26.3 Å². The number of aromatic amines is 1. The van der Waals surface area contributed by atoms with Gasteiger partial charge in [0.1, 0.15) is 5.65 Å². The molecule has 0 aliphatic heterocycles. The number of nitrogens with zero attached hydrogens (tertiary/aromatic N) is 1. The molecule has 0 atom stereocenters. The maximum Gasteiger partial charge on any atom is 0.205 e. The Morgan fingerprint density at radius 1 is 1.45 bits per heavy atom. The number of H-pyrrole nitrogens is 1. The molecule has 52 valence electrons. The Morgan fingerprint density at radius 3 is 3.09 bits per heavy atom. The van der Waals surface area contributed by atoms with Crippen LogP contribution < -0.4 is 4.56 Å².